The minimum Gasteiger partial charge on any atom is -0.496 e. The molecule has 112 valence electrons. The van der Waals surface area contributed by atoms with E-state index in [0.29, 0.717) is 6.04 Å². The first kappa shape index (κ1) is 15.4. The van der Waals surface area contributed by atoms with Gasteiger partial charge < -0.3 is 10.1 Å². The minimum absolute atomic E-state index is 0.256. The second-order valence-corrected chi connectivity index (χ2v) is 6.93. The predicted molar refractivity (Wildman–Crippen MR) is 85.4 cm³/mol. The van der Waals surface area contributed by atoms with Crippen LogP contribution in [0.4, 0.5) is 0 Å². The zero-order valence-electron chi connectivity index (χ0n) is 13.6. The summed E-state index contributed by atoms with van der Waals surface area (Å²) in [5, 5.41) is 3.64. The van der Waals surface area contributed by atoms with Crippen LogP contribution in [-0.4, -0.2) is 19.7 Å². The van der Waals surface area contributed by atoms with E-state index in [1.54, 1.807) is 7.11 Å². The van der Waals surface area contributed by atoms with Crippen molar-refractivity contribution < 1.29 is 4.74 Å². The summed E-state index contributed by atoms with van der Waals surface area (Å²) >= 11 is 0. The maximum atomic E-state index is 5.60. The van der Waals surface area contributed by atoms with Crippen molar-refractivity contribution in [2.24, 2.45) is 11.8 Å². The van der Waals surface area contributed by atoms with Crippen molar-refractivity contribution in [2.75, 3.05) is 13.7 Å². The Kier molecular flexibility index (Phi) is 4.74. The van der Waals surface area contributed by atoms with E-state index < -0.39 is 0 Å². The van der Waals surface area contributed by atoms with Gasteiger partial charge in [0, 0.05) is 23.6 Å². The molecule has 0 aliphatic heterocycles. The van der Waals surface area contributed by atoms with Gasteiger partial charge in [0.15, 0.2) is 0 Å². The Bertz CT molecular complexity index is 427. The van der Waals surface area contributed by atoms with Crippen molar-refractivity contribution >= 4 is 0 Å². The third kappa shape index (κ3) is 3.01. The fourth-order valence-electron chi connectivity index (χ4n) is 3.36. The summed E-state index contributed by atoms with van der Waals surface area (Å²) in [5.74, 6) is 2.66. The normalized spacial score (nSPS) is 25.9. The Morgan fingerprint density at radius 3 is 2.40 bits per heavy atom. The summed E-state index contributed by atoms with van der Waals surface area (Å²) in [4.78, 5) is 0. The molecule has 0 amide bonds. The van der Waals surface area contributed by atoms with E-state index >= 15 is 0 Å². The predicted octanol–water partition coefficient (Wildman–Crippen LogP) is 4.00. The Morgan fingerprint density at radius 2 is 1.85 bits per heavy atom. The molecule has 1 N–H and O–H groups in total. The van der Waals surface area contributed by atoms with Crippen LogP contribution in [0.2, 0.25) is 0 Å². The summed E-state index contributed by atoms with van der Waals surface area (Å²) in [7, 11) is 1.78. The Morgan fingerprint density at radius 1 is 1.20 bits per heavy atom. The number of benzene rings is 1. The van der Waals surface area contributed by atoms with Gasteiger partial charge in [-0.25, -0.2) is 0 Å². The van der Waals surface area contributed by atoms with E-state index in [4.69, 9.17) is 4.74 Å². The van der Waals surface area contributed by atoms with Crippen LogP contribution in [0.1, 0.15) is 46.1 Å². The molecule has 0 aromatic heterocycles. The van der Waals surface area contributed by atoms with E-state index in [9.17, 15) is 0 Å². The lowest BCUT2D eigenvalue weighted by Gasteiger charge is -2.51. The molecule has 0 saturated heterocycles. The number of methoxy groups -OCH3 is 1. The molecule has 1 aromatic rings. The van der Waals surface area contributed by atoms with Crippen LogP contribution in [0, 0.1) is 11.8 Å². The second kappa shape index (κ2) is 6.17. The molecule has 1 aromatic carbocycles. The Hall–Kier alpha value is -1.02. The van der Waals surface area contributed by atoms with E-state index in [0.717, 1.165) is 24.1 Å². The number of hydrogen-bond acceptors (Lipinski definition) is 2. The van der Waals surface area contributed by atoms with Crippen LogP contribution in [0.5, 0.6) is 5.75 Å². The van der Waals surface area contributed by atoms with E-state index in [1.807, 2.05) is 0 Å². The van der Waals surface area contributed by atoms with E-state index in [1.165, 1.54) is 18.4 Å². The van der Waals surface area contributed by atoms with Gasteiger partial charge >= 0.3 is 0 Å². The molecule has 1 aliphatic rings. The van der Waals surface area contributed by atoms with Gasteiger partial charge in [-0.1, -0.05) is 45.9 Å². The average molecular weight is 275 g/mol. The van der Waals surface area contributed by atoms with Crippen molar-refractivity contribution in [1.82, 2.24) is 5.32 Å². The van der Waals surface area contributed by atoms with Gasteiger partial charge in [-0.3, -0.25) is 0 Å². The van der Waals surface area contributed by atoms with Gasteiger partial charge in [-0.2, -0.15) is 0 Å². The molecule has 20 heavy (non-hydrogen) atoms. The monoisotopic (exact) mass is 275 g/mol. The van der Waals surface area contributed by atoms with Gasteiger partial charge in [0.25, 0.3) is 0 Å². The summed E-state index contributed by atoms with van der Waals surface area (Å²) in [6.07, 6.45) is 2.54. The smallest absolute Gasteiger partial charge is 0.122 e. The topological polar surface area (TPSA) is 21.3 Å². The lowest BCUT2D eigenvalue weighted by molar-refractivity contribution is 0.0934. The molecular weight excluding hydrogens is 246 g/mol. The molecule has 2 heteroatoms. The van der Waals surface area contributed by atoms with Gasteiger partial charge in [-0.15, -0.1) is 0 Å². The summed E-state index contributed by atoms with van der Waals surface area (Å²) in [6.45, 7) is 10.2. The summed E-state index contributed by atoms with van der Waals surface area (Å²) in [5.41, 5.74) is 1.64. The number of rotatable bonds is 6. The molecule has 1 saturated carbocycles. The number of hydrogen-bond donors (Lipinski definition) is 1. The highest BCUT2D eigenvalue weighted by atomic mass is 16.5. The van der Waals surface area contributed by atoms with Crippen LogP contribution in [0.3, 0.4) is 0 Å². The molecule has 2 nitrogen and oxygen atoms in total. The lowest BCUT2D eigenvalue weighted by atomic mass is 9.55. The van der Waals surface area contributed by atoms with Crippen molar-refractivity contribution in [1.29, 1.82) is 0 Å². The summed E-state index contributed by atoms with van der Waals surface area (Å²) < 4.78 is 5.60. The van der Waals surface area contributed by atoms with Crippen molar-refractivity contribution in [3.8, 4) is 5.75 Å². The molecule has 1 fully saturated rings. The first-order valence-corrected chi connectivity index (χ1v) is 7.85. The molecular formula is C18H29NO. The zero-order valence-corrected chi connectivity index (χ0v) is 13.6. The van der Waals surface area contributed by atoms with Crippen molar-refractivity contribution in [2.45, 2.75) is 52.0 Å². The van der Waals surface area contributed by atoms with Gasteiger partial charge in [0.1, 0.15) is 5.75 Å². The summed E-state index contributed by atoms with van der Waals surface area (Å²) in [6, 6.07) is 9.06. The first-order chi connectivity index (χ1) is 9.48. The minimum atomic E-state index is 0.256. The lowest BCUT2D eigenvalue weighted by Crippen LogP contribution is -2.51. The van der Waals surface area contributed by atoms with Crippen LogP contribution < -0.4 is 10.1 Å². The van der Waals surface area contributed by atoms with Crippen LogP contribution >= 0.6 is 0 Å². The SMILES string of the molecule is COc1ccccc1C1(CNC(C)C)CC(C(C)C)C1. The molecule has 2 rings (SSSR count). The molecule has 0 radical (unpaired) electrons. The van der Waals surface area contributed by atoms with Crippen molar-refractivity contribution in [3.63, 3.8) is 0 Å². The maximum Gasteiger partial charge on any atom is 0.122 e. The molecule has 1 aliphatic carbocycles. The third-order valence-electron chi connectivity index (χ3n) is 4.78. The standard InChI is InChI=1S/C18H29NO/c1-13(2)15-10-18(11-15,12-19-14(3)4)16-8-6-7-9-17(16)20-5/h6-9,13-15,19H,10-12H2,1-5H3. The largest absolute Gasteiger partial charge is 0.496 e. The van der Waals surface area contributed by atoms with E-state index in [-0.39, 0.29) is 5.41 Å². The first-order valence-electron chi connectivity index (χ1n) is 7.85. The molecule has 0 atom stereocenters. The fraction of sp³-hybridized carbons (Fsp3) is 0.667. The molecule has 0 bridgehead atoms. The van der Waals surface area contributed by atoms with Gasteiger partial charge in [-0.05, 0) is 30.7 Å². The average Bonchev–Trinajstić information content (AvgIpc) is 2.37. The quantitative estimate of drug-likeness (QED) is 0.847. The van der Waals surface area contributed by atoms with E-state index in [2.05, 4.69) is 57.3 Å². The maximum absolute atomic E-state index is 5.60. The van der Waals surface area contributed by atoms with Gasteiger partial charge in [0.05, 0.1) is 7.11 Å². The number of para-hydroxylation sites is 1. The van der Waals surface area contributed by atoms with Crippen LogP contribution in [-0.2, 0) is 5.41 Å². The molecule has 0 unspecified atom stereocenters. The highest BCUT2D eigenvalue weighted by Gasteiger charge is 2.47. The highest BCUT2D eigenvalue weighted by molar-refractivity contribution is 5.42. The van der Waals surface area contributed by atoms with Crippen molar-refractivity contribution in [3.05, 3.63) is 29.8 Å². The number of ether oxygens (including phenoxy) is 1. The number of nitrogens with one attached hydrogen (secondary N) is 1. The second-order valence-electron chi connectivity index (χ2n) is 6.93. The third-order valence-corrected chi connectivity index (χ3v) is 4.78. The van der Waals surface area contributed by atoms with Gasteiger partial charge in [0.2, 0.25) is 0 Å². The Balaban J connectivity index is 2.23. The zero-order chi connectivity index (χ0) is 14.8. The Labute approximate surface area is 123 Å². The van der Waals surface area contributed by atoms with Crippen LogP contribution in [0.25, 0.3) is 0 Å². The fourth-order valence-corrected chi connectivity index (χ4v) is 3.36. The molecule has 0 spiro atoms. The highest BCUT2D eigenvalue weighted by Crippen LogP contribution is 2.52. The molecule has 0 heterocycles. The van der Waals surface area contributed by atoms with Crippen LogP contribution in [0.15, 0.2) is 24.3 Å².